The molecular weight excluding hydrogens is 749 g/mol. The van der Waals surface area contributed by atoms with E-state index in [4.69, 9.17) is 0 Å². The van der Waals surface area contributed by atoms with Gasteiger partial charge in [0.2, 0.25) is 0 Å². The molecule has 0 radical (unpaired) electrons. The molecule has 12 rings (SSSR count). The Hall–Kier alpha value is -7.16. The van der Waals surface area contributed by atoms with Crippen LogP contribution >= 0.6 is 0 Å². The zero-order valence-corrected chi connectivity index (χ0v) is 35.7. The van der Waals surface area contributed by atoms with Gasteiger partial charge < -0.3 is 9.80 Å². The Labute approximate surface area is 364 Å². The summed E-state index contributed by atoms with van der Waals surface area (Å²) in [6.07, 6.45) is 6.04. The zero-order chi connectivity index (χ0) is 41.7. The molecule has 2 heterocycles. The molecule has 2 heteroatoms. The van der Waals surface area contributed by atoms with Crippen LogP contribution in [0.5, 0.6) is 0 Å². The topological polar surface area (TPSA) is 6.48 Å². The van der Waals surface area contributed by atoms with Crippen LogP contribution in [0.3, 0.4) is 0 Å². The minimum Gasteiger partial charge on any atom is -0.334 e. The van der Waals surface area contributed by atoms with Gasteiger partial charge in [0.25, 0.3) is 0 Å². The van der Waals surface area contributed by atoms with Crippen LogP contribution in [0, 0.1) is 0 Å². The molecule has 3 aliphatic rings. The molecule has 1 unspecified atom stereocenters. The van der Waals surface area contributed by atoms with Crippen LogP contribution in [0.2, 0.25) is 0 Å². The van der Waals surface area contributed by atoms with Gasteiger partial charge in [-0.3, -0.25) is 0 Å². The van der Waals surface area contributed by atoms with Gasteiger partial charge in [-0.15, -0.1) is 0 Å². The van der Waals surface area contributed by atoms with Gasteiger partial charge in [-0.1, -0.05) is 192 Å². The van der Waals surface area contributed by atoms with E-state index in [1.54, 1.807) is 0 Å². The van der Waals surface area contributed by atoms with Crippen molar-refractivity contribution < 1.29 is 0 Å². The first-order valence-electron chi connectivity index (χ1n) is 22.1. The fourth-order valence-corrected chi connectivity index (χ4v) is 11.4. The lowest BCUT2D eigenvalue weighted by molar-refractivity contribution is 0.618. The Bertz CT molecular complexity index is 3310. The fourth-order valence-electron chi connectivity index (χ4n) is 11.4. The molecule has 0 aromatic heterocycles. The summed E-state index contributed by atoms with van der Waals surface area (Å²) in [6, 6.07) is 70.3. The summed E-state index contributed by atoms with van der Waals surface area (Å²) in [5, 5.41) is 7.63. The molecule has 0 amide bonds. The number of para-hydroxylation sites is 4. The van der Waals surface area contributed by atoms with E-state index >= 15 is 0 Å². The van der Waals surface area contributed by atoms with E-state index in [1.807, 2.05) is 0 Å². The molecule has 0 N–H and O–H groups in total. The van der Waals surface area contributed by atoms with Crippen LogP contribution in [0.25, 0.3) is 56.0 Å². The van der Waals surface area contributed by atoms with E-state index < -0.39 is 0 Å². The Morgan fingerprint density at radius 1 is 0.435 bits per heavy atom. The fraction of sp³-hybridized carbons (Fsp3) is 0.133. The maximum atomic E-state index is 2.63. The van der Waals surface area contributed by atoms with E-state index in [-0.39, 0.29) is 16.9 Å². The predicted octanol–water partition coefficient (Wildman–Crippen LogP) is 14.2. The summed E-state index contributed by atoms with van der Waals surface area (Å²) < 4.78 is 0. The van der Waals surface area contributed by atoms with Crippen molar-refractivity contribution in [2.75, 3.05) is 9.80 Å². The summed E-state index contributed by atoms with van der Waals surface area (Å²) in [6.45, 7) is 9.47. The molecule has 0 fully saturated rings. The van der Waals surface area contributed by atoms with Crippen molar-refractivity contribution in [3.63, 3.8) is 0 Å². The number of fused-ring (bicyclic) bond motifs is 7. The second kappa shape index (κ2) is 13.7. The summed E-state index contributed by atoms with van der Waals surface area (Å²) in [7, 11) is 0. The summed E-state index contributed by atoms with van der Waals surface area (Å²) in [4.78, 5) is 5.13. The van der Waals surface area contributed by atoms with E-state index in [9.17, 15) is 0 Å². The van der Waals surface area contributed by atoms with Gasteiger partial charge in [0, 0.05) is 27.9 Å². The number of nitrogens with zero attached hydrogens (tertiary/aromatic N) is 2. The van der Waals surface area contributed by atoms with Crippen LogP contribution in [0.1, 0.15) is 56.4 Å². The van der Waals surface area contributed by atoms with E-state index in [1.165, 1.54) is 99.2 Å². The average molecular weight is 797 g/mol. The highest BCUT2D eigenvalue weighted by molar-refractivity contribution is 6.12. The molecule has 2 aliphatic heterocycles. The van der Waals surface area contributed by atoms with Gasteiger partial charge in [0.05, 0.1) is 17.4 Å². The largest absolute Gasteiger partial charge is 0.334 e. The standard InChI is InChI=1S/C60H48N2/c1-59(2)49-25-10-14-29-53(49)61(54-30-15-11-26-50(54)59)41-34-36-46-47(37-41)57(40-20-6-5-7-21-40)45-35-33-42(38-48(45)58(46)44-24-18-22-39-19-8-9-23-43(39)44)62-55-31-16-12-27-51(55)60(3,4)52-28-13-17-32-56(52)62/h5-32,34-38,42H,33H2,1-4H3. The van der Waals surface area contributed by atoms with Crippen molar-refractivity contribution in [3.8, 4) is 22.3 Å². The lowest BCUT2D eigenvalue weighted by Gasteiger charge is -2.45. The summed E-state index contributed by atoms with van der Waals surface area (Å²) >= 11 is 0. The third-order valence-electron chi connectivity index (χ3n) is 14.3. The van der Waals surface area contributed by atoms with Crippen molar-refractivity contribution in [1.29, 1.82) is 0 Å². The van der Waals surface area contributed by atoms with Crippen molar-refractivity contribution in [1.82, 2.24) is 0 Å². The lowest BCUT2D eigenvalue weighted by atomic mass is 9.73. The van der Waals surface area contributed by atoms with Crippen molar-refractivity contribution >= 4 is 62.1 Å². The molecule has 0 saturated carbocycles. The molecule has 1 atom stereocenters. The van der Waals surface area contributed by atoms with Gasteiger partial charge in [-0.25, -0.2) is 0 Å². The van der Waals surface area contributed by atoms with Crippen LogP contribution in [0.15, 0.2) is 188 Å². The van der Waals surface area contributed by atoms with Crippen LogP contribution in [0.4, 0.5) is 28.4 Å². The molecule has 0 saturated heterocycles. The van der Waals surface area contributed by atoms with Gasteiger partial charge in [-0.2, -0.15) is 0 Å². The minimum absolute atomic E-state index is 0.0969. The number of anilines is 5. The summed E-state index contributed by atoms with van der Waals surface area (Å²) in [5.74, 6) is 0. The van der Waals surface area contributed by atoms with Crippen LogP contribution in [-0.2, 0) is 10.8 Å². The van der Waals surface area contributed by atoms with Crippen molar-refractivity contribution in [2.45, 2.75) is 51.0 Å². The number of benzene rings is 9. The van der Waals surface area contributed by atoms with Gasteiger partial charge >= 0.3 is 0 Å². The molecule has 298 valence electrons. The van der Waals surface area contributed by atoms with Gasteiger partial charge in [0.15, 0.2) is 0 Å². The molecule has 1 aliphatic carbocycles. The predicted molar refractivity (Wildman–Crippen MR) is 263 cm³/mol. The Kier molecular flexibility index (Phi) is 8.09. The van der Waals surface area contributed by atoms with Crippen molar-refractivity contribution in [3.05, 3.63) is 221 Å². The van der Waals surface area contributed by atoms with E-state index in [0.29, 0.717) is 0 Å². The van der Waals surface area contributed by atoms with Crippen LogP contribution in [-0.4, -0.2) is 6.04 Å². The summed E-state index contributed by atoms with van der Waals surface area (Å²) in [5.41, 5.74) is 16.4. The lowest BCUT2D eigenvalue weighted by Crippen LogP contribution is -2.43. The van der Waals surface area contributed by atoms with Crippen LogP contribution < -0.4 is 20.2 Å². The Morgan fingerprint density at radius 2 is 0.968 bits per heavy atom. The number of hydrogen-bond donors (Lipinski definition) is 0. The zero-order valence-electron chi connectivity index (χ0n) is 35.7. The van der Waals surface area contributed by atoms with Gasteiger partial charge in [-0.05, 0) is 119 Å². The monoisotopic (exact) mass is 796 g/mol. The third kappa shape index (κ3) is 5.29. The minimum atomic E-state index is -0.136. The second-order valence-electron chi connectivity index (χ2n) is 18.4. The molecule has 9 aromatic rings. The first kappa shape index (κ1) is 36.7. The maximum Gasteiger partial charge on any atom is 0.0566 e. The first-order chi connectivity index (χ1) is 30.3. The average Bonchev–Trinajstić information content (AvgIpc) is 3.31. The molecule has 0 bridgehead atoms. The molecule has 2 nitrogen and oxygen atoms in total. The highest BCUT2D eigenvalue weighted by Crippen LogP contribution is 2.53. The van der Waals surface area contributed by atoms with Crippen molar-refractivity contribution in [2.24, 2.45) is 0 Å². The highest BCUT2D eigenvalue weighted by atomic mass is 15.2. The molecule has 62 heavy (non-hydrogen) atoms. The maximum absolute atomic E-state index is 2.63. The van der Waals surface area contributed by atoms with E-state index in [2.05, 4.69) is 238 Å². The van der Waals surface area contributed by atoms with E-state index in [0.717, 1.165) is 12.1 Å². The SMILES string of the molecule is CC1(C)c2ccccc2N(c2ccc3c(-c4cccc5ccccc45)c4c(c(-c5ccccc5)c3c2)=CCC(N2c3ccccc3C(C)(C)c3ccccc32)C=4)c2ccccc21. The Morgan fingerprint density at radius 3 is 1.61 bits per heavy atom. The smallest absolute Gasteiger partial charge is 0.0566 e. The second-order valence-corrected chi connectivity index (χ2v) is 18.4. The quantitative estimate of drug-likeness (QED) is 0.175. The molecular formula is C60H48N2. The first-order valence-corrected chi connectivity index (χ1v) is 22.1. The Balaban J connectivity index is 1.19. The number of hydrogen-bond acceptors (Lipinski definition) is 2. The third-order valence-corrected chi connectivity index (χ3v) is 14.3. The van der Waals surface area contributed by atoms with Gasteiger partial charge in [0.1, 0.15) is 0 Å². The number of rotatable bonds is 4. The molecule has 0 spiro atoms. The molecule has 9 aromatic carbocycles. The normalized spacial score (nSPS) is 16.6. The highest BCUT2D eigenvalue weighted by Gasteiger charge is 2.39.